The van der Waals surface area contributed by atoms with Gasteiger partial charge >= 0.3 is 0 Å². The SMILES string of the molecule is C=Cc1ccc(-c2ccccc2C#N)cn1.CC1NSC2(C)CC(F)(F)C(C)CC12. The van der Waals surface area contributed by atoms with Crippen molar-refractivity contribution in [2.24, 2.45) is 11.8 Å². The Morgan fingerprint density at radius 2 is 2.00 bits per heavy atom. The number of alkyl halides is 2. The summed E-state index contributed by atoms with van der Waals surface area (Å²) in [4.78, 5) is 4.22. The highest BCUT2D eigenvalue weighted by atomic mass is 32.2. The topological polar surface area (TPSA) is 48.7 Å². The third-order valence-corrected chi connectivity index (χ3v) is 7.54. The van der Waals surface area contributed by atoms with Crippen LogP contribution in [0.25, 0.3) is 17.2 Å². The van der Waals surface area contributed by atoms with Gasteiger partial charge in [0.25, 0.3) is 5.92 Å². The molecule has 2 heterocycles. The molecule has 0 radical (unpaired) electrons. The van der Waals surface area contributed by atoms with E-state index in [4.69, 9.17) is 5.26 Å². The number of nitriles is 1. The first-order valence-electron chi connectivity index (χ1n) is 10.1. The number of hydrogen-bond acceptors (Lipinski definition) is 4. The van der Waals surface area contributed by atoms with Crippen molar-refractivity contribution in [3.05, 3.63) is 60.4 Å². The molecular formula is C24H27F2N3S. The van der Waals surface area contributed by atoms with E-state index in [1.54, 1.807) is 25.3 Å². The van der Waals surface area contributed by atoms with Crippen LogP contribution in [0.3, 0.4) is 0 Å². The van der Waals surface area contributed by atoms with Crippen LogP contribution in [0.2, 0.25) is 0 Å². The molecule has 1 aliphatic heterocycles. The second-order valence-electron chi connectivity index (χ2n) is 8.34. The number of rotatable bonds is 2. The third kappa shape index (κ3) is 4.58. The number of pyridine rings is 1. The molecule has 0 amide bonds. The summed E-state index contributed by atoms with van der Waals surface area (Å²) < 4.78 is 30.1. The molecular weight excluding hydrogens is 400 g/mol. The van der Waals surface area contributed by atoms with Crippen LogP contribution in [0.4, 0.5) is 8.78 Å². The lowest BCUT2D eigenvalue weighted by Gasteiger charge is -2.43. The molecule has 1 aromatic heterocycles. The maximum absolute atomic E-state index is 13.6. The van der Waals surface area contributed by atoms with Crippen LogP contribution in [0.1, 0.15) is 44.9 Å². The molecule has 1 saturated heterocycles. The second-order valence-corrected chi connectivity index (χ2v) is 9.71. The van der Waals surface area contributed by atoms with E-state index >= 15 is 0 Å². The minimum absolute atomic E-state index is 0.0217. The predicted molar refractivity (Wildman–Crippen MR) is 120 cm³/mol. The van der Waals surface area contributed by atoms with Gasteiger partial charge in [0.15, 0.2) is 0 Å². The number of halogens is 2. The quantitative estimate of drug-likeness (QED) is 0.569. The summed E-state index contributed by atoms with van der Waals surface area (Å²) in [6.07, 6.45) is 4.12. The average molecular weight is 428 g/mol. The molecule has 1 aliphatic carbocycles. The Balaban J connectivity index is 0.000000172. The summed E-state index contributed by atoms with van der Waals surface area (Å²) in [5.41, 5.74) is 3.35. The van der Waals surface area contributed by atoms with Gasteiger partial charge < -0.3 is 0 Å². The van der Waals surface area contributed by atoms with Gasteiger partial charge in [-0.15, -0.1) is 0 Å². The lowest BCUT2D eigenvalue weighted by atomic mass is 9.70. The molecule has 4 atom stereocenters. The number of fused-ring (bicyclic) bond motifs is 1. The Morgan fingerprint density at radius 3 is 2.63 bits per heavy atom. The Morgan fingerprint density at radius 1 is 1.27 bits per heavy atom. The van der Waals surface area contributed by atoms with E-state index in [0.717, 1.165) is 16.8 Å². The van der Waals surface area contributed by atoms with Crippen molar-refractivity contribution >= 4 is 18.0 Å². The first-order chi connectivity index (χ1) is 14.2. The highest BCUT2D eigenvalue weighted by molar-refractivity contribution is 7.99. The maximum Gasteiger partial charge on any atom is 0.252 e. The fraction of sp³-hybridized carbons (Fsp3) is 0.417. The Hall–Kier alpha value is -2.23. The first kappa shape index (κ1) is 22.5. The largest absolute Gasteiger partial charge is 0.261 e. The summed E-state index contributed by atoms with van der Waals surface area (Å²) in [6.45, 7) is 9.40. The summed E-state index contributed by atoms with van der Waals surface area (Å²) in [6, 6.07) is 13.9. The van der Waals surface area contributed by atoms with Crippen molar-refractivity contribution in [1.29, 1.82) is 5.26 Å². The fourth-order valence-corrected chi connectivity index (χ4v) is 5.58. The standard InChI is InChI=1S/C14H10N2.C10H17F2NS/c1-2-13-8-7-12(10-16-13)14-6-4-3-5-11(14)9-15;1-6-4-8-7(2)13-14-9(8,3)5-10(6,11)12/h2-8,10H,1H2;6-8,13H,4-5H2,1-3H3. The summed E-state index contributed by atoms with van der Waals surface area (Å²) in [5.74, 6) is -2.56. The molecule has 2 aliphatic rings. The average Bonchev–Trinajstić information content (AvgIpc) is 3.02. The molecule has 30 heavy (non-hydrogen) atoms. The Bertz CT molecular complexity index is 938. The van der Waals surface area contributed by atoms with Crippen molar-refractivity contribution in [2.45, 2.75) is 50.3 Å². The molecule has 2 aromatic rings. The van der Waals surface area contributed by atoms with Crippen molar-refractivity contribution in [3.8, 4) is 17.2 Å². The molecule has 2 fully saturated rings. The molecule has 4 unspecified atom stereocenters. The lowest BCUT2D eigenvalue weighted by molar-refractivity contribution is -0.101. The zero-order chi connectivity index (χ0) is 21.9. The van der Waals surface area contributed by atoms with E-state index in [1.165, 1.54) is 11.9 Å². The smallest absolute Gasteiger partial charge is 0.252 e. The number of hydrogen-bond donors (Lipinski definition) is 1. The second kappa shape index (κ2) is 8.87. The van der Waals surface area contributed by atoms with Gasteiger partial charge in [0, 0.05) is 40.5 Å². The van der Waals surface area contributed by atoms with E-state index in [1.807, 2.05) is 37.3 Å². The van der Waals surface area contributed by atoms with E-state index in [9.17, 15) is 8.78 Å². The summed E-state index contributed by atoms with van der Waals surface area (Å²) in [7, 11) is 0. The Labute approximate surface area is 181 Å². The van der Waals surface area contributed by atoms with Crippen molar-refractivity contribution in [3.63, 3.8) is 0 Å². The summed E-state index contributed by atoms with van der Waals surface area (Å²) >= 11 is 1.51. The van der Waals surface area contributed by atoms with Crippen molar-refractivity contribution in [2.75, 3.05) is 0 Å². The molecule has 1 N–H and O–H groups in total. The van der Waals surface area contributed by atoms with Gasteiger partial charge in [-0.05, 0) is 44.4 Å². The molecule has 3 nitrogen and oxygen atoms in total. The monoisotopic (exact) mass is 427 g/mol. The summed E-state index contributed by atoms with van der Waals surface area (Å²) in [5, 5.41) is 8.99. The van der Waals surface area contributed by atoms with Crippen LogP contribution in [0.5, 0.6) is 0 Å². The van der Waals surface area contributed by atoms with Crippen molar-refractivity contribution < 1.29 is 8.78 Å². The van der Waals surface area contributed by atoms with Gasteiger partial charge in [0.05, 0.1) is 17.3 Å². The fourth-order valence-electron chi connectivity index (χ4n) is 4.25. The zero-order valence-corrected chi connectivity index (χ0v) is 18.3. The van der Waals surface area contributed by atoms with Crippen LogP contribution < -0.4 is 4.72 Å². The van der Waals surface area contributed by atoms with Crippen LogP contribution in [-0.4, -0.2) is 21.7 Å². The minimum Gasteiger partial charge on any atom is -0.261 e. The molecule has 158 valence electrons. The molecule has 6 heteroatoms. The van der Waals surface area contributed by atoms with Crippen LogP contribution in [0, 0.1) is 23.2 Å². The minimum atomic E-state index is -2.48. The van der Waals surface area contributed by atoms with Gasteiger partial charge in [-0.3, -0.25) is 9.71 Å². The van der Waals surface area contributed by atoms with E-state index in [0.29, 0.717) is 23.9 Å². The van der Waals surface area contributed by atoms with Crippen molar-refractivity contribution in [1.82, 2.24) is 9.71 Å². The predicted octanol–water partition coefficient (Wildman–Crippen LogP) is 6.33. The van der Waals surface area contributed by atoms with Gasteiger partial charge in [-0.2, -0.15) is 5.26 Å². The Kier molecular flexibility index (Phi) is 6.64. The van der Waals surface area contributed by atoms with Gasteiger partial charge in [-0.25, -0.2) is 8.78 Å². The van der Waals surface area contributed by atoms with Gasteiger partial charge in [0.1, 0.15) is 0 Å². The van der Waals surface area contributed by atoms with Gasteiger partial charge in [0.2, 0.25) is 0 Å². The van der Waals surface area contributed by atoms with Crippen LogP contribution in [-0.2, 0) is 0 Å². The van der Waals surface area contributed by atoms with E-state index in [-0.39, 0.29) is 11.2 Å². The lowest BCUT2D eigenvalue weighted by Crippen LogP contribution is -2.47. The molecule has 0 bridgehead atoms. The van der Waals surface area contributed by atoms with Gasteiger partial charge in [-0.1, -0.05) is 49.7 Å². The van der Waals surface area contributed by atoms with Crippen LogP contribution >= 0.6 is 11.9 Å². The van der Waals surface area contributed by atoms with Crippen LogP contribution in [0.15, 0.2) is 49.2 Å². The molecule has 4 rings (SSSR count). The number of aromatic nitrogens is 1. The zero-order valence-electron chi connectivity index (χ0n) is 17.5. The molecule has 0 spiro atoms. The third-order valence-electron chi connectivity index (χ3n) is 6.14. The van der Waals surface area contributed by atoms with E-state index < -0.39 is 11.8 Å². The molecule has 1 saturated carbocycles. The highest BCUT2D eigenvalue weighted by Crippen LogP contribution is 2.55. The first-order valence-corrected chi connectivity index (χ1v) is 10.9. The number of nitrogens with zero attached hydrogens (tertiary/aromatic N) is 2. The maximum atomic E-state index is 13.6. The normalized spacial score (nSPS) is 29.1. The highest BCUT2D eigenvalue weighted by Gasteiger charge is 2.57. The molecule has 1 aromatic carbocycles. The van der Waals surface area contributed by atoms with E-state index in [2.05, 4.69) is 29.3 Å². The number of nitrogens with one attached hydrogen (secondary N) is 1. The number of benzene rings is 1.